The van der Waals surface area contributed by atoms with Gasteiger partial charge in [0.15, 0.2) is 0 Å². The molecule has 0 saturated carbocycles. The first-order chi connectivity index (χ1) is 7.78. The predicted octanol–water partition coefficient (Wildman–Crippen LogP) is 4.08. The van der Waals surface area contributed by atoms with E-state index < -0.39 is 11.7 Å². The number of benzene rings is 1. The molecule has 0 aliphatic carbocycles. The first kappa shape index (κ1) is 14.8. The molecule has 1 rings (SSSR count). The molecule has 0 fully saturated rings. The summed E-state index contributed by atoms with van der Waals surface area (Å²) in [7, 11) is 0. The molecule has 0 aliphatic heterocycles. The molecular formula is C12H15BrINO2. The summed E-state index contributed by atoms with van der Waals surface area (Å²) in [5.74, 6) is 0. The fourth-order valence-corrected chi connectivity index (χ4v) is 2.64. The van der Waals surface area contributed by atoms with Crippen LogP contribution in [0.25, 0.3) is 0 Å². The lowest BCUT2D eigenvalue weighted by atomic mass is 10.2. The van der Waals surface area contributed by atoms with Crippen LogP contribution in [0.5, 0.6) is 0 Å². The van der Waals surface area contributed by atoms with Crippen LogP contribution in [0, 0.1) is 3.57 Å². The number of amides is 1. The monoisotopic (exact) mass is 411 g/mol. The van der Waals surface area contributed by atoms with Crippen LogP contribution in [0.1, 0.15) is 26.3 Å². The van der Waals surface area contributed by atoms with Crippen LogP contribution in [0.3, 0.4) is 0 Å². The highest BCUT2D eigenvalue weighted by Crippen LogP contribution is 2.18. The lowest BCUT2D eigenvalue weighted by Crippen LogP contribution is -2.32. The Bertz CT molecular complexity index is 415. The predicted molar refractivity (Wildman–Crippen MR) is 79.9 cm³/mol. The molecule has 0 atom stereocenters. The van der Waals surface area contributed by atoms with Crippen LogP contribution in [0.15, 0.2) is 22.7 Å². The van der Waals surface area contributed by atoms with Gasteiger partial charge < -0.3 is 10.1 Å². The van der Waals surface area contributed by atoms with Crippen molar-refractivity contribution in [3.63, 3.8) is 0 Å². The molecule has 0 bridgehead atoms. The Morgan fingerprint density at radius 1 is 1.47 bits per heavy atom. The smallest absolute Gasteiger partial charge is 0.407 e. The van der Waals surface area contributed by atoms with Gasteiger partial charge >= 0.3 is 6.09 Å². The molecule has 1 aromatic rings. The fraction of sp³-hybridized carbons (Fsp3) is 0.417. The molecule has 94 valence electrons. The molecule has 0 unspecified atom stereocenters. The first-order valence-electron chi connectivity index (χ1n) is 5.19. The Morgan fingerprint density at radius 2 is 2.12 bits per heavy atom. The maximum absolute atomic E-state index is 11.5. The molecule has 0 aliphatic rings. The Morgan fingerprint density at radius 3 is 2.65 bits per heavy atom. The van der Waals surface area contributed by atoms with Gasteiger partial charge in [0.1, 0.15) is 5.60 Å². The first-order valence-corrected chi connectivity index (χ1v) is 7.06. The van der Waals surface area contributed by atoms with Gasteiger partial charge in [-0.25, -0.2) is 4.79 Å². The van der Waals surface area contributed by atoms with E-state index in [9.17, 15) is 4.79 Å². The third-order valence-electron chi connectivity index (χ3n) is 1.84. The van der Waals surface area contributed by atoms with Crippen LogP contribution >= 0.6 is 38.5 Å². The molecule has 0 heterocycles. The number of carbonyl (C=O) groups excluding carboxylic acids is 1. The van der Waals surface area contributed by atoms with Crippen LogP contribution in [0.4, 0.5) is 4.79 Å². The van der Waals surface area contributed by atoms with Crippen molar-refractivity contribution in [2.75, 3.05) is 0 Å². The van der Waals surface area contributed by atoms with E-state index in [1.807, 2.05) is 39.0 Å². The van der Waals surface area contributed by atoms with Gasteiger partial charge in [0.05, 0.1) is 0 Å². The van der Waals surface area contributed by atoms with Crippen molar-refractivity contribution in [1.29, 1.82) is 0 Å². The highest BCUT2D eigenvalue weighted by molar-refractivity contribution is 14.1. The zero-order valence-electron chi connectivity index (χ0n) is 10.0. The molecule has 1 aromatic carbocycles. The molecule has 17 heavy (non-hydrogen) atoms. The number of hydrogen-bond acceptors (Lipinski definition) is 2. The van der Waals surface area contributed by atoms with Crippen molar-refractivity contribution in [2.45, 2.75) is 32.9 Å². The average molecular weight is 412 g/mol. The Labute approximate surface area is 124 Å². The maximum atomic E-state index is 11.5. The molecule has 3 nitrogen and oxygen atoms in total. The topological polar surface area (TPSA) is 38.3 Å². The second-order valence-corrected chi connectivity index (χ2v) is 6.67. The van der Waals surface area contributed by atoms with E-state index in [0.717, 1.165) is 13.6 Å². The summed E-state index contributed by atoms with van der Waals surface area (Å²) in [6.45, 7) is 6.00. The SMILES string of the molecule is CC(C)(C)OC(=O)NCc1ccc(Br)cc1I. The van der Waals surface area contributed by atoms with E-state index in [1.54, 1.807) is 0 Å². The summed E-state index contributed by atoms with van der Waals surface area (Å²) in [6.07, 6.45) is -0.392. The summed E-state index contributed by atoms with van der Waals surface area (Å²) in [6, 6.07) is 5.93. The highest BCUT2D eigenvalue weighted by Gasteiger charge is 2.15. The van der Waals surface area contributed by atoms with E-state index in [-0.39, 0.29) is 0 Å². The quantitative estimate of drug-likeness (QED) is 0.744. The lowest BCUT2D eigenvalue weighted by Gasteiger charge is -2.19. The normalized spacial score (nSPS) is 11.1. The van der Waals surface area contributed by atoms with Crippen molar-refractivity contribution in [3.05, 3.63) is 31.8 Å². The lowest BCUT2D eigenvalue weighted by molar-refractivity contribution is 0.0523. The van der Waals surface area contributed by atoms with E-state index in [2.05, 4.69) is 43.8 Å². The maximum Gasteiger partial charge on any atom is 0.407 e. The standard InChI is InChI=1S/C12H15BrINO2/c1-12(2,3)17-11(16)15-7-8-4-5-9(13)6-10(8)14/h4-6H,7H2,1-3H3,(H,15,16). The van der Waals surface area contributed by atoms with E-state index >= 15 is 0 Å². The molecule has 0 aromatic heterocycles. The Kier molecular flexibility index (Phi) is 5.24. The van der Waals surface area contributed by atoms with Gasteiger partial charge in [-0.2, -0.15) is 0 Å². The van der Waals surface area contributed by atoms with Crippen LogP contribution in [0.2, 0.25) is 0 Å². The molecule has 5 heteroatoms. The fourth-order valence-electron chi connectivity index (χ4n) is 1.15. The van der Waals surface area contributed by atoms with Gasteiger partial charge in [0, 0.05) is 14.6 Å². The van der Waals surface area contributed by atoms with Crippen molar-refractivity contribution in [1.82, 2.24) is 5.32 Å². The van der Waals surface area contributed by atoms with Crippen LogP contribution in [-0.4, -0.2) is 11.7 Å². The number of alkyl carbamates (subject to hydrolysis) is 1. The zero-order chi connectivity index (χ0) is 13.1. The summed E-state index contributed by atoms with van der Waals surface area (Å²) < 4.78 is 7.30. The van der Waals surface area contributed by atoms with Crippen LogP contribution in [-0.2, 0) is 11.3 Å². The number of ether oxygens (including phenoxy) is 1. The Hall–Kier alpha value is -0.300. The van der Waals surface area contributed by atoms with Gasteiger partial charge in [-0.15, -0.1) is 0 Å². The van der Waals surface area contributed by atoms with Gasteiger partial charge in [0.2, 0.25) is 0 Å². The second kappa shape index (κ2) is 6.04. The molecule has 0 spiro atoms. The summed E-state index contributed by atoms with van der Waals surface area (Å²) in [5.41, 5.74) is 0.608. The van der Waals surface area contributed by atoms with Crippen molar-refractivity contribution in [3.8, 4) is 0 Å². The molecule has 0 radical (unpaired) electrons. The number of rotatable bonds is 2. The van der Waals surface area contributed by atoms with E-state index in [0.29, 0.717) is 6.54 Å². The van der Waals surface area contributed by atoms with Gasteiger partial charge in [0.25, 0.3) is 0 Å². The van der Waals surface area contributed by atoms with Gasteiger partial charge in [-0.3, -0.25) is 0 Å². The van der Waals surface area contributed by atoms with Crippen LogP contribution < -0.4 is 5.32 Å². The number of hydrogen-bond donors (Lipinski definition) is 1. The zero-order valence-corrected chi connectivity index (χ0v) is 13.8. The summed E-state index contributed by atoms with van der Waals surface area (Å²) >= 11 is 5.64. The van der Waals surface area contributed by atoms with E-state index in [4.69, 9.17) is 4.74 Å². The minimum atomic E-state index is -0.461. The summed E-state index contributed by atoms with van der Waals surface area (Å²) in [4.78, 5) is 11.5. The van der Waals surface area contributed by atoms with Crippen molar-refractivity contribution >= 4 is 44.6 Å². The number of carbonyl (C=O) groups is 1. The molecular weight excluding hydrogens is 397 g/mol. The average Bonchev–Trinajstić information content (AvgIpc) is 2.13. The molecule has 1 N–H and O–H groups in total. The second-order valence-electron chi connectivity index (χ2n) is 4.59. The third kappa shape index (κ3) is 5.72. The van der Waals surface area contributed by atoms with Crippen molar-refractivity contribution < 1.29 is 9.53 Å². The molecule has 0 saturated heterocycles. The minimum Gasteiger partial charge on any atom is -0.444 e. The summed E-state index contributed by atoms with van der Waals surface area (Å²) in [5, 5.41) is 2.73. The minimum absolute atomic E-state index is 0.392. The van der Waals surface area contributed by atoms with Crippen molar-refractivity contribution in [2.24, 2.45) is 0 Å². The van der Waals surface area contributed by atoms with Gasteiger partial charge in [-0.05, 0) is 61.1 Å². The highest BCUT2D eigenvalue weighted by atomic mass is 127. The van der Waals surface area contributed by atoms with Gasteiger partial charge in [-0.1, -0.05) is 22.0 Å². The number of halogens is 2. The largest absolute Gasteiger partial charge is 0.444 e. The number of nitrogens with one attached hydrogen (secondary N) is 1. The Balaban J connectivity index is 2.53. The van der Waals surface area contributed by atoms with E-state index in [1.165, 1.54) is 0 Å². The third-order valence-corrected chi connectivity index (χ3v) is 3.33. The molecule has 1 amide bonds.